The average Bonchev–Trinajstić information content (AvgIpc) is 2.99. The Bertz CT molecular complexity index is 927. The van der Waals surface area contributed by atoms with Crippen LogP contribution in [0.5, 0.6) is 0 Å². The number of aliphatic hydroxyl groups excluding tert-OH is 1. The topological polar surface area (TPSA) is 146 Å². The molecule has 1 aliphatic rings. The lowest BCUT2D eigenvalue weighted by atomic mass is 10.1. The van der Waals surface area contributed by atoms with E-state index in [0.717, 1.165) is 19.4 Å². The molecule has 2 aromatic rings. The fourth-order valence-corrected chi connectivity index (χ4v) is 2.89. The molecule has 1 unspecified atom stereocenters. The maximum atomic E-state index is 14.5. The number of anilines is 1. The van der Waals surface area contributed by atoms with E-state index in [4.69, 9.17) is 21.4 Å². The summed E-state index contributed by atoms with van der Waals surface area (Å²) in [7, 11) is 2.54. The van der Waals surface area contributed by atoms with E-state index in [9.17, 15) is 14.0 Å². The number of aromatic nitrogens is 2. The maximum absolute atomic E-state index is 14.5. The molecule has 0 saturated carbocycles. The van der Waals surface area contributed by atoms with Crippen LogP contribution < -0.4 is 16.1 Å². The largest absolute Gasteiger partial charge is 0.477 e. The van der Waals surface area contributed by atoms with Crippen molar-refractivity contribution in [2.75, 3.05) is 31.6 Å². The summed E-state index contributed by atoms with van der Waals surface area (Å²) in [5, 5.41) is 23.8. The van der Waals surface area contributed by atoms with E-state index in [-0.39, 0.29) is 29.3 Å². The molecule has 1 aliphatic heterocycles. The van der Waals surface area contributed by atoms with Crippen LogP contribution in [0.3, 0.4) is 0 Å². The quantitative estimate of drug-likeness (QED) is 0.589. The van der Waals surface area contributed by atoms with Gasteiger partial charge in [-0.15, -0.1) is 0 Å². The van der Waals surface area contributed by atoms with Crippen molar-refractivity contribution in [2.24, 2.45) is 18.7 Å². The summed E-state index contributed by atoms with van der Waals surface area (Å²) < 4.78 is 15.9. The van der Waals surface area contributed by atoms with Crippen molar-refractivity contribution in [1.29, 1.82) is 5.41 Å². The van der Waals surface area contributed by atoms with Gasteiger partial charge in [0.2, 0.25) is 5.43 Å². The van der Waals surface area contributed by atoms with Crippen LogP contribution in [0.1, 0.15) is 10.4 Å². The second-order valence-corrected chi connectivity index (χ2v) is 5.79. The molecule has 0 radical (unpaired) electrons. The second-order valence-electron chi connectivity index (χ2n) is 5.79. The van der Waals surface area contributed by atoms with Crippen molar-refractivity contribution in [3.05, 3.63) is 33.9 Å². The van der Waals surface area contributed by atoms with Gasteiger partial charge in [-0.3, -0.25) is 4.79 Å². The minimum atomic E-state index is -1.37. The Hall–Kier alpha value is -2.85. The molecule has 140 valence electrons. The van der Waals surface area contributed by atoms with Crippen LogP contribution in [-0.4, -0.2) is 58.2 Å². The van der Waals surface area contributed by atoms with Gasteiger partial charge in [0, 0.05) is 45.1 Å². The number of fused-ring (bicyclic) bond motifs is 1. The maximum Gasteiger partial charge on any atom is 0.341 e. The molecule has 1 fully saturated rings. The first kappa shape index (κ1) is 19.5. The molecule has 10 heteroatoms. The number of carboxylic acid groups (broad SMARTS) is 1. The summed E-state index contributed by atoms with van der Waals surface area (Å²) in [4.78, 5) is 29.1. The summed E-state index contributed by atoms with van der Waals surface area (Å²) in [6.45, 7) is 0.898. The molecule has 0 bridgehead atoms. The second kappa shape index (κ2) is 7.58. The highest BCUT2D eigenvalue weighted by Gasteiger charge is 2.30. The Balaban J connectivity index is 0.00000117. The Morgan fingerprint density at radius 1 is 1.50 bits per heavy atom. The fraction of sp³-hybridized carbons (Fsp3) is 0.375. The number of carboxylic acids is 1. The van der Waals surface area contributed by atoms with Gasteiger partial charge in [-0.25, -0.2) is 14.2 Å². The summed E-state index contributed by atoms with van der Waals surface area (Å²) >= 11 is 0. The van der Waals surface area contributed by atoms with Gasteiger partial charge in [-0.2, -0.15) is 0 Å². The number of carbonyl (C=O) groups is 1. The van der Waals surface area contributed by atoms with Crippen molar-refractivity contribution in [3.8, 4) is 0 Å². The van der Waals surface area contributed by atoms with Gasteiger partial charge in [0.1, 0.15) is 11.2 Å². The first-order chi connectivity index (χ1) is 12.3. The number of nitrogens with one attached hydrogen (secondary N) is 1. The van der Waals surface area contributed by atoms with Crippen LogP contribution >= 0.6 is 0 Å². The van der Waals surface area contributed by atoms with Crippen LogP contribution in [0, 0.1) is 17.1 Å². The first-order valence-corrected chi connectivity index (χ1v) is 7.73. The SMILES string of the molecule is CO.Cn1cc(C(=O)O)c(=O)c2cc(F)c(N3CC(=N)C(CN)C3)nc21. The van der Waals surface area contributed by atoms with E-state index in [0.29, 0.717) is 18.8 Å². The molecular formula is C16H20FN5O4. The highest BCUT2D eigenvalue weighted by Crippen LogP contribution is 2.25. The minimum absolute atomic E-state index is 0.0290. The van der Waals surface area contributed by atoms with Gasteiger partial charge in [-0.05, 0) is 6.07 Å². The van der Waals surface area contributed by atoms with Gasteiger partial charge in [0.25, 0.3) is 0 Å². The summed E-state index contributed by atoms with van der Waals surface area (Å²) in [6.07, 6.45) is 1.16. The molecule has 1 saturated heterocycles. The molecule has 0 spiro atoms. The smallest absolute Gasteiger partial charge is 0.341 e. The number of hydrogen-bond donors (Lipinski definition) is 4. The number of aromatic carboxylic acids is 1. The van der Waals surface area contributed by atoms with E-state index in [1.54, 1.807) is 4.90 Å². The lowest BCUT2D eigenvalue weighted by molar-refractivity contribution is 0.0695. The number of nitrogens with zero attached hydrogens (tertiary/aromatic N) is 3. The van der Waals surface area contributed by atoms with E-state index < -0.39 is 22.8 Å². The minimum Gasteiger partial charge on any atom is -0.477 e. The molecular weight excluding hydrogens is 345 g/mol. The number of rotatable bonds is 3. The van der Waals surface area contributed by atoms with Crippen molar-refractivity contribution >= 4 is 28.5 Å². The van der Waals surface area contributed by atoms with E-state index in [1.165, 1.54) is 11.6 Å². The molecule has 1 atom stereocenters. The van der Waals surface area contributed by atoms with Gasteiger partial charge in [-0.1, -0.05) is 0 Å². The standard InChI is InChI=1S/C15H16FN5O3.CH4O/c1-20-5-9(15(23)24)12(22)8-2-10(16)14(19-13(8)20)21-4-7(3-17)11(18)6-21;1-2/h2,5,7,18H,3-4,6,17H2,1H3,(H,23,24);2H,1H3. The molecule has 2 aromatic heterocycles. The Morgan fingerprint density at radius 3 is 2.69 bits per heavy atom. The van der Waals surface area contributed by atoms with Gasteiger partial charge >= 0.3 is 5.97 Å². The van der Waals surface area contributed by atoms with E-state index in [2.05, 4.69) is 4.98 Å². The summed E-state index contributed by atoms with van der Waals surface area (Å²) in [5.74, 6) is -2.23. The van der Waals surface area contributed by atoms with Crippen LogP contribution in [0.4, 0.5) is 10.2 Å². The third-order valence-electron chi connectivity index (χ3n) is 4.19. The van der Waals surface area contributed by atoms with Crippen LogP contribution in [0.2, 0.25) is 0 Å². The number of aryl methyl sites for hydroxylation is 1. The molecule has 0 aliphatic carbocycles. The Labute approximate surface area is 148 Å². The monoisotopic (exact) mass is 365 g/mol. The van der Waals surface area contributed by atoms with E-state index in [1.807, 2.05) is 0 Å². The van der Waals surface area contributed by atoms with Crippen molar-refractivity contribution in [1.82, 2.24) is 9.55 Å². The lowest BCUT2D eigenvalue weighted by Gasteiger charge is -2.18. The van der Waals surface area contributed by atoms with Gasteiger partial charge in [0.15, 0.2) is 11.6 Å². The van der Waals surface area contributed by atoms with Crippen molar-refractivity contribution in [2.45, 2.75) is 0 Å². The van der Waals surface area contributed by atoms with E-state index >= 15 is 0 Å². The molecule has 26 heavy (non-hydrogen) atoms. The predicted octanol–water partition coefficient (Wildman–Crippen LogP) is -0.206. The lowest BCUT2D eigenvalue weighted by Crippen LogP contribution is -2.25. The third-order valence-corrected chi connectivity index (χ3v) is 4.19. The molecule has 9 nitrogen and oxygen atoms in total. The zero-order valence-electron chi connectivity index (χ0n) is 14.4. The van der Waals surface area contributed by atoms with Crippen LogP contribution in [0.25, 0.3) is 11.0 Å². The fourth-order valence-electron chi connectivity index (χ4n) is 2.89. The van der Waals surface area contributed by atoms with Gasteiger partial charge < -0.3 is 30.8 Å². The average molecular weight is 365 g/mol. The molecule has 5 N–H and O–H groups in total. The number of hydrogen-bond acceptors (Lipinski definition) is 7. The Kier molecular flexibility index (Phi) is 5.68. The van der Waals surface area contributed by atoms with Crippen LogP contribution in [-0.2, 0) is 7.05 Å². The summed E-state index contributed by atoms with van der Waals surface area (Å²) in [5.41, 5.74) is 4.98. The molecule has 3 heterocycles. The first-order valence-electron chi connectivity index (χ1n) is 7.73. The highest BCUT2D eigenvalue weighted by molar-refractivity contribution is 5.93. The molecule has 3 rings (SSSR count). The molecule has 0 aromatic carbocycles. The molecule has 0 amide bonds. The predicted molar refractivity (Wildman–Crippen MR) is 94.5 cm³/mol. The van der Waals surface area contributed by atoms with Crippen molar-refractivity contribution < 1.29 is 19.4 Å². The summed E-state index contributed by atoms with van der Waals surface area (Å²) in [6, 6.07) is 1.01. The van der Waals surface area contributed by atoms with Crippen LogP contribution in [0.15, 0.2) is 17.1 Å². The van der Waals surface area contributed by atoms with Gasteiger partial charge in [0.05, 0.1) is 11.9 Å². The zero-order valence-corrected chi connectivity index (χ0v) is 14.4. The highest BCUT2D eigenvalue weighted by atomic mass is 19.1. The number of pyridine rings is 2. The normalized spacial score (nSPS) is 16.6. The number of halogens is 1. The zero-order chi connectivity index (χ0) is 19.6. The number of aliphatic hydroxyl groups is 1. The Morgan fingerprint density at radius 2 is 2.15 bits per heavy atom. The third kappa shape index (κ3) is 3.28. The van der Waals surface area contributed by atoms with Crippen molar-refractivity contribution in [3.63, 3.8) is 0 Å². The number of nitrogens with two attached hydrogens (primary N) is 1.